The minimum atomic E-state index is -0.989. The lowest BCUT2D eigenvalue weighted by atomic mass is 10.1. The molecule has 0 bridgehead atoms. The smallest absolute Gasteiger partial charge is 0.121 e. The number of rotatable bonds is 2. The van der Waals surface area contributed by atoms with E-state index >= 15 is 0 Å². The topological polar surface area (TPSA) is 72.3 Å². The Labute approximate surface area is 65.6 Å². The molecular weight excluding hydrogens is 140 g/mol. The molecule has 3 heteroatoms. The number of hydrogen-bond acceptors (Lipinski definition) is 3. The van der Waals surface area contributed by atoms with E-state index in [-0.39, 0.29) is 0 Å². The van der Waals surface area contributed by atoms with Crippen LogP contribution in [0, 0.1) is 0 Å². The molecule has 0 aliphatic heterocycles. The van der Waals surface area contributed by atoms with Crippen molar-refractivity contribution in [1.82, 2.24) is 0 Å². The van der Waals surface area contributed by atoms with Crippen LogP contribution in [-0.4, -0.2) is 11.3 Å². The maximum absolute atomic E-state index is 8.93. The minimum absolute atomic E-state index is 0.490. The van der Waals surface area contributed by atoms with Gasteiger partial charge in [-0.25, -0.2) is 0 Å². The van der Waals surface area contributed by atoms with Gasteiger partial charge >= 0.3 is 0 Å². The summed E-state index contributed by atoms with van der Waals surface area (Å²) in [5, 5.41) is 8.93. The van der Waals surface area contributed by atoms with Gasteiger partial charge in [-0.15, -0.1) is 0 Å². The molecule has 3 nitrogen and oxygen atoms in total. The molecule has 0 fully saturated rings. The molecule has 0 spiro atoms. The van der Waals surface area contributed by atoms with Gasteiger partial charge in [0.25, 0.3) is 0 Å². The predicted octanol–water partition coefficient (Wildman–Crippen LogP) is -0.0365. The molecule has 5 N–H and O–H groups in total. The molecule has 2 unspecified atom stereocenters. The first-order chi connectivity index (χ1) is 5.22. The number of benzene rings is 1. The SMILES string of the molecule is NC(O)C(N)c1ccccc1. The Balaban J connectivity index is 2.77. The van der Waals surface area contributed by atoms with Crippen molar-refractivity contribution in [2.24, 2.45) is 11.5 Å². The van der Waals surface area contributed by atoms with E-state index in [4.69, 9.17) is 16.6 Å². The molecule has 0 aromatic heterocycles. The summed E-state index contributed by atoms with van der Waals surface area (Å²) in [7, 11) is 0. The molecule has 1 aromatic rings. The summed E-state index contributed by atoms with van der Waals surface area (Å²) in [5.74, 6) is 0. The Morgan fingerprint density at radius 1 is 1.09 bits per heavy atom. The van der Waals surface area contributed by atoms with Crippen LogP contribution in [0.15, 0.2) is 30.3 Å². The van der Waals surface area contributed by atoms with Crippen LogP contribution in [0.4, 0.5) is 0 Å². The molecule has 0 heterocycles. The van der Waals surface area contributed by atoms with Crippen LogP contribution in [0.3, 0.4) is 0 Å². The Morgan fingerprint density at radius 3 is 2.09 bits per heavy atom. The molecule has 1 rings (SSSR count). The first-order valence-corrected chi connectivity index (χ1v) is 3.46. The van der Waals surface area contributed by atoms with Crippen molar-refractivity contribution < 1.29 is 5.11 Å². The Hall–Kier alpha value is -0.900. The monoisotopic (exact) mass is 152 g/mol. The zero-order valence-corrected chi connectivity index (χ0v) is 6.14. The van der Waals surface area contributed by atoms with Gasteiger partial charge in [-0.1, -0.05) is 30.3 Å². The molecule has 2 atom stereocenters. The van der Waals surface area contributed by atoms with E-state index in [0.717, 1.165) is 5.56 Å². The van der Waals surface area contributed by atoms with E-state index in [1.54, 1.807) is 0 Å². The van der Waals surface area contributed by atoms with Crippen LogP contribution in [-0.2, 0) is 0 Å². The number of aliphatic hydroxyl groups excluding tert-OH is 1. The molecule has 0 aliphatic carbocycles. The molecule has 11 heavy (non-hydrogen) atoms. The maximum atomic E-state index is 8.93. The summed E-state index contributed by atoms with van der Waals surface area (Å²) in [5.41, 5.74) is 11.6. The van der Waals surface area contributed by atoms with Crippen molar-refractivity contribution in [2.75, 3.05) is 0 Å². The second kappa shape index (κ2) is 3.48. The maximum Gasteiger partial charge on any atom is 0.121 e. The van der Waals surface area contributed by atoms with E-state index in [1.807, 2.05) is 30.3 Å². The Bertz CT molecular complexity index is 211. The summed E-state index contributed by atoms with van der Waals surface area (Å²) in [6.07, 6.45) is -0.989. The van der Waals surface area contributed by atoms with E-state index in [1.165, 1.54) is 0 Å². The number of nitrogens with two attached hydrogens (primary N) is 2. The van der Waals surface area contributed by atoms with Gasteiger partial charge in [-0.2, -0.15) is 0 Å². The van der Waals surface area contributed by atoms with Gasteiger partial charge in [-0.3, -0.25) is 0 Å². The molecule has 0 saturated carbocycles. The van der Waals surface area contributed by atoms with Crippen molar-refractivity contribution in [3.63, 3.8) is 0 Å². The third-order valence-corrected chi connectivity index (χ3v) is 1.55. The Morgan fingerprint density at radius 2 is 1.64 bits per heavy atom. The van der Waals surface area contributed by atoms with Crippen LogP contribution >= 0.6 is 0 Å². The second-order valence-corrected chi connectivity index (χ2v) is 2.43. The van der Waals surface area contributed by atoms with Crippen LogP contribution in [0.25, 0.3) is 0 Å². The summed E-state index contributed by atoms with van der Waals surface area (Å²) < 4.78 is 0. The van der Waals surface area contributed by atoms with E-state index in [0.29, 0.717) is 0 Å². The molecule has 1 aromatic carbocycles. The van der Waals surface area contributed by atoms with Gasteiger partial charge in [-0.05, 0) is 5.56 Å². The summed E-state index contributed by atoms with van der Waals surface area (Å²) in [6.45, 7) is 0. The van der Waals surface area contributed by atoms with Crippen LogP contribution in [0.1, 0.15) is 11.6 Å². The van der Waals surface area contributed by atoms with Gasteiger partial charge in [0.2, 0.25) is 0 Å². The zero-order chi connectivity index (χ0) is 8.27. The van der Waals surface area contributed by atoms with Gasteiger partial charge < -0.3 is 16.6 Å². The summed E-state index contributed by atoms with van der Waals surface area (Å²) >= 11 is 0. The van der Waals surface area contributed by atoms with E-state index in [2.05, 4.69) is 0 Å². The van der Waals surface area contributed by atoms with Gasteiger partial charge in [0.05, 0.1) is 6.04 Å². The van der Waals surface area contributed by atoms with Gasteiger partial charge in [0.1, 0.15) is 6.23 Å². The van der Waals surface area contributed by atoms with E-state index < -0.39 is 12.3 Å². The highest BCUT2D eigenvalue weighted by atomic mass is 16.3. The molecule has 0 saturated heterocycles. The zero-order valence-electron chi connectivity index (χ0n) is 6.14. The fourth-order valence-corrected chi connectivity index (χ4v) is 0.872. The van der Waals surface area contributed by atoms with E-state index in [9.17, 15) is 0 Å². The highest BCUT2D eigenvalue weighted by Gasteiger charge is 2.10. The first-order valence-electron chi connectivity index (χ1n) is 3.46. The third kappa shape index (κ3) is 2.01. The van der Waals surface area contributed by atoms with Crippen molar-refractivity contribution in [1.29, 1.82) is 0 Å². The molecule has 60 valence electrons. The average Bonchev–Trinajstić information content (AvgIpc) is 2.05. The van der Waals surface area contributed by atoms with Gasteiger partial charge in [0, 0.05) is 0 Å². The Kier molecular flexibility index (Phi) is 2.59. The van der Waals surface area contributed by atoms with Crippen LogP contribution < -0.4 is 11.5 Å². The van der Waals surface area contributed by atoms with Crippen molar-refractivity contribution in [2.45, 2.75) is 12.3 Å². The van der Waals surface area contributed by atoms with Crippen molar-refractivity contribution in [3.05, 3.63) is 35.9 Å². The normalized spacial score (nSPS) is 15.9. The first kappa shape index (κ1) is 8.20. The fourth-order valence-electron chi connectivity index (χ4n) is 0.872. The minimum Gasteiger partial charge on any atom is -0.377 e. The summed E-state index contributed by atoms with van der Waals surface area (Å²) in [6, 6.07) is 8.78. The lowest BCUT2D eigenvalue weighted by Crippen LogP contribution is -2.33. The van der Waals surface area contributed by atoms with Crippen molar-refractivity contribution in [3.8, 4) is 0 Å². The average molecular weight is 152 g/mol. The fraction of sp³-hybridized carbons (Fsp3) is 0.250. The largest absolute Gasteiger partial charge is 0.377 e. The van der Waals surface area contributed by atoms with Crippen LogP contribution in [0.2, 0.25) is 0 Å². The quantitative estimate of drug-likeness (QED) is 0.521. The highest BCUT2D eigenvalue weighted by molar-refractivity contribution is 5.18. The molecule has 0 amide bonds. The number of hydrogen-bond donors (Lipinski definition) is 3. The molecular formula is C8H12N2O. The second-order valence-electron chi connectivity index (χ2n) is 2.43. The van der Waals surface area contributed by atoms with Crippen LogP contribution in [0.5, 0.6) is 0 Å². The van der Waals surface area contributed by atoms with Crippen molar-refractivity contribution >= 4 is 0 Å². The lowest BCUT2D eigenvalue weighted by Gasteiger charge is -2.13. The summed E-state index contributed by atoms with van der Waals surface area (Å²) in [4.78, 5) is 0. The lowest BCUT2D eigenvalue weighted by molar-refractivity contribution is 0.152. The predicted molar refractivity (Wildman–Crippen MR) is 43.6 cm³/mol. The standard InChI is InChI=1S/C8H12N2O/c9-7(8(10)11)6-4-2-1-3-5-6/h1-5,7-8,11H,9-10H2. The highest BCUT2D eigenvalue weighted by Crippen LogP contribution is 2.09. The number of aliphatic hydroxyl groups is 1. The van der Waals surface area contributed by atoms with Gasteiger partial charge in [0.15, 0.2) is 0 Å². The molecule has 0 aliphatic rings. The molecule has 0 radical (unpaired) electrons. The third-order valence-electron chi connectivity index (χ3n) is 1.55.